The van der Waals surface area contributed by atoms with Gasteiger partial charge in [0.25, 0.3) is 0 Å². The quantitative estimate of drug-likeness (QED) is 0.796. The van der Waals surface area contributed by atoms with E-state index < -0.39 is 0 Å². The average Bonchev–Trinajstić information content (AvgIpc) is 2.87. The lowest BCUT2D eigenvalue weighted by Crippen LogP contribution is -2.21. The molecule has 0 spiro atoms. The molecule has 1 heterocycles. The highest BCUT2D eigenvalue weighted by atomic mass is 79.9. The van der Waals surface area contributed by atoms with Gasteiger partial charge in [0.15, 0.2) is 0 Å². The van der Waals surface area contributed by atoms with Gasteiger partial charge in [-0.2, -0.15) is 5.10 Å². The molecule has 0 saturated carbocycles. The molecule has 1 amide bonds. The number of nitrogens with one attached hydrogen (secondary N) is 1. The van der Waals surface area contributed by atoms with Gasteiger partial charge in [-0.25, -0.2) is 0 Å². The largest absolute Gasteiger partial charge is 0.372 e. The first-order chi connectivity index (χ1) is 11.0. The molecule has 0 atom stereocenters. The standard InChI is InChI=1S/C17H23BrN4O/c1-4-21(5-2)15-8-6-14(7-9-15)20-17(23)10-11-22-13(3)16(18)12-19-22/h6-9,12H,4-5,10-11H2,1-3H3,(H,20,23). The Kier molecular flexibility index (Phi) is 6.21. The molecule has 1 N–H and O–H groups in total. The molecule has 0 aliphatic rings. The molecule has 0 saturated heterocycles. The smallest absolute Gasteiger partial charge is 0.226 e. The van der Waals surface area contributed by atoms with Crippen molar-refractivity contribution in [2.75, 3.05) is 23.3 Å². The maximum Gasteiger partial charge on any atom is 0.226 e. The van der Waals surface area contributed by atoms with E-state index in [1.54, 1.807) is 6.20 Å². The zero-order chi connectivity index (χ0) is 16.8. The van der Waals surface area contributed by atoms with Crippen molar-refractivity contribution in [1.82, 2.24) is 9.78 Å². The van der Waals surface area contributed by atoms with Gasteiger partial charge in [0.2, 0.25) is 5.91 Å². The Balaban J connectivity index is 1.89. The van der Waals surface area contributed by atoms with E-state index in [-0.39, 0.29) is 5.91 Å². The summed E-state index contributed by atoms with van der Waals surface area (Å²) in [5.41, 5.74) is 3.02. The summed E-state index contributed by atoms with van der Waals surface area (Å²) in [4.78, 5) is 14.3. The summed E-state index contributed by atoms with van der Waals surface area (Å²) in [5, 5.41) is 7.16. The van der Waals surface area contributed by atoms with Crippen molar-refractivity contribution in [3.05, 3.63) is 40.6 Å². The van der Waals surface area contributed by atoms with Crippen LogP contribution in [0.5, 0.6) is 0 Å². The van der Waals surface area contributed by atoms with Crippen LogP contribution in [0.2, 0.25) is 0 Å². The van der Waals surface area contributed by atoms with Crippen molar-refractivity contribution >= 4 is 33.2 Å². The number of anilines is 2. The first-order valence-electron chi connectivity index (χ1n) is 7.88. The Bertz CT molecular complexity index is 647. The lowest BCUT2D eigenvalue weighted by Gasteiger charge is -2.21. The van der Waals surface area contributed by atoms with Crippen LogP contribution in [0.15, 0.2) is 34.9 Å². The number of halogens is 1. The number of nitrogens with zero attached hydrogens (tertiary/aromatic N) is 3. The fourth-order valence-corrected chi connectivity index (χ4v) is 2.72. The molecule has 0 fully saturated rings. The predicted molar refractivity (Wildman–Crippen MR) is 97.9 cm³/mol. The van der Waals surface area contributed by atoms with Crippen LogP contribution >= 0.6 is 15.9 Å². The second-order valence-corrected chi connectivity index (χ2v) is 6.17. The van der Waals surface area contributed by atoms with Gasteiger partial charge in [-0.1, -0.05) is 0 Å². The van der Waals surface area contributed by atoms with Crippen LogP contribution in [0.25, 0.3) is 0 Å². The summed E-state index contributed by atoms with van der Waals surface area (Å²) in [6.07, 6.45) is 2.14. The normalized spacial score (nSPS) is 10.6. The highest BCUT2D eigenvalue weighted by molar-refractivity contribution is 9.10. The minimum Gasteiger partial charge on any atom is -0.372 e. The molecule has 2 aromatic rings. The van der Waals surface area contributed by atoms with Crippen LogP contribution in [-0.4, -0.2) is 28.8 Å². The Labute approximate surface area is 145 Å². The number of benzene rings is 1. The van der Waals surface area contributed by atoms with Gasteiger partial charge in [0.1, 0.15) is 0 Å². The van der Waals surface area contributed by atoms with Gasteiger partial charge in [0, 0.05) is 36.6 Å². The SMILES string of the molecule is CCN(CC)c1ccc(NC(=O)CCn2ncc(Br)c2C)cc1. The van der Waals surface area contributed by atoms with E-state index in [4.69, 9.17) is 0 Å². The summed E-state index contributed by atoms with van der Waals surface area (Å²) in [6.45, 7) is 8.76. The van der Waals surface area contributed by atoms with Gasteiger partial charge >= 0.3 is 0 Å². The van der Waals surface area contributed by atoms with E-state index in [0.717, 1.165) is 28.9 Å². The zero-order valence-corrected chi connectivity index (χ0v) is 15.4. The number of rotatable bonds is 7. The monoisotopic (exact) mass is 378 g/mol. The van der Waals surface area contributed by atoms with E-state index in [0.29, 0.717) is 13.0 Å². The predicted octanol–water partition coefficient (Wildman–Crippen LogP) is 3.83. The zero-order valence-electron chi connectivity index (χ0n) is 13.8. The lowest BCUT2D eigenvalue weighted by molar-refractivity contribution is -0.116. The summed E-state index contributed by atoms with van der Waals surface area (Å²) in [7, 11) is 0. The van der Waals surface area contributed by atoms with Crippen molar-refractivity contribution in [3.63, 3.8) is 0 Å². The molecule has 0 bridgehead atoms. The number of carbonyl (C=O) groups excluding carboxylic acids is 1. The van der Waals surface area contributed by atoms with Gasteiger partial charge in [0.05, 0.1) is 17.2 Å². The molecule has 23 heavy (non-hydrogen) atoms. The summed E-state index contributed by atoms with van der Waals surface area (Å²) < 4.78 is 2.79. The van der Waals surface area contributed by atoms with Crippen LogP contribution in [0.3, 0.4) is 0 Å². The third kappa shape index (κ3) is 4.58. The van der Waals surface area contributed by atoms with Crippen molar-refractivity contribution in [1.29, 1.82) is 0 Å². The minimum atomic E-state index is -0.00777. The van der Waals surface area contributed by atoms with Crippen LogP contribution < -0.4 is 10.2 Å². The summed E-state index contributed by atoms with van der Waals surface area (Å²) >= 11 is 3.42. The number of aryl methyl sites for hydroxylation is 1. The van der Waals surface area contributed by atoms with E-state index in [2.05, 4.69) is 45.1 Å². The van der Waals surface area contributed by atoms with Crippen LogP contribution in [0.4, 0.5) is 11.4 Å². The lowest BCUT2D eigenvalue weighted by atomic mass is 10.2. The first-order valence-corrected chi connectivity index (χ1v) is 8.67. The molecular weight excluding hydrogens is 356 g/mol. The number of aromatic nitrogens is 2. The number of carbonyl (C=O) groups is 1. The van der Waals surface area contributed by atoms with Crippen molar-refractivity contribution in [2.45, 2.75) is 33.7 Å². The second-order valence-electron chi connectivity index (χ2n) is 5.32. The van der Waals surface area contributed by atoms with E-state index in [1.807, 2.05) is 35.9 Å². The first kappa shape index (κ1) is 17.5. The van der Waals surface area contributed by atoms with Gasteiger partial charge in [-0.3, -0.25) is 9.48 Å². The van der Waals surface area contributed by atoms with Crippen molar-refractivity contribution in [3.8, 4) is 0 Å². The van der Waals surface area contributed by atoms with Crippen LogP contribution in [-0.2, 0) is 11.3 Å². The van der Waals surface area contributed by atoms with Crippen molar-refractivity contribution < 1.29 is 4.79 Å². The van der Waals surface area contributed by atoms with Crippen LogP contribution in [0, 0.1) is 6.92 Å². The maximum absolute atomic E-state index is 12.1. The fourth-order valence-electron chi connectivity index (χ4n) is 2.42. The molecule has 6 heteroatoms. The van der Waals surface area contributed by atoms with Gasteiger partial charge in [-0.05, 0) is 61.0 Å². The summed E-state index contributed by atoms with van der Waals surface area (Å²) in [5.74, 6) is -0.00777. The van der Waals surface area contributed by atoms with Gasteiger partial charge in [-0.15, -0.1) is 0 Å². The molecule has 0 unspecified atom stereocenters. The van der Waals surface area contributed by atoms with Crippen LogP contribution in [0.1, 0.15) is 26.0 Å². The molecule has 1 aromatic heterocycles. The average molecular weight is 379 g/mol. The molecule has 0 aliphatic heterocycles. The highest BCUT2D eigenvalue weighted by Gasteiger charge is 2.08. The Morgan fingerprint density at radius 2 is 1.91 bits per heavy atom. The third-order valence-electron chi connectivity index (χ3n) is 3.87. The molecule has 5 nitrogen and oxygen atoms in total. The topological polar surface area (TPSA) is 50.2 Å². The molecule has 1 aromatic carbocycles. The Morgan fingerprint density at radius 3 is 2.43 bits per heavy atom. The van der Waals surface area contributed by atoms with E-state index >= 15 is 0 Å². The Morgan fingerprint density at radius 1 is 1.26 bits per heavy atom. The van der Waals surface area contributed by atoms with E-state index in [1.165, 1.54) is 5.69 Å². The minimum absolute atomic E-state index is 0.00777. The molecule has 2 rings (SSSR count). The number of amides is 1. The maximum atomic E-state index is 12.1. The fraction of sp³-hybridized carbons (Fsp3) is 0.412. The highest BCUT2D eigenvalue weighted by Crippen LogP contribution is 2.18. The molecule has 0 aliphatic carbocycles. The summed E-state index contributed by atoms with van der Waals surface area (Å²) in [6, 6.07) is 7.97. The molecular formula is C17H23BrN4O. The molecule has 124 valence electrons. The number of hydrogen-bond donors (Lipinski definition) is 1. The van der Waals surface area contributed by atoms with Crippen molar-refractivity contribution in [2.24, 2.45) is 0 Å². The van der Waals surface area contributed by atoms with Gasteiger partial charge < -0.3 is 10.2 Å². The second kappa shape index (κ2) is 8.15. The Hall–Kier alpha value is -1.82. The number of hydrogen-bond acceptors (Lipinski definition) is 3. The molecule has 0 radical (unpaired) electrons. The third-order valence-corrected chi connectivity index (χ3v) is 4.65. The van der Waals surface area contributed by atoms with E-state index in [9.17, 15) is 4.79 Å².